The second-order valence-electron chi connectivity index (χ2n) is 6.50. The molecule has 26 heavy (non-hydrogen) atoms. The van der Waals surface area contributed by atoms with Crippen LogP contribution < -0.4 is 5.73 Å². The van der Waals surface area contributed by atoms with Gasteiger partial charge in [-0.15, -0.1) is 10.2 Å². The summed E-state index contributed by atoms with van der Waals surface area (Å²) in [6.07, 6.45) is 0.679. The van der Waals surface area contributed by atoms with Crippen LogP contribution in [0.5, 0.6) is 0 Å². The molecule has 0 bridgehead atoms. The van der Waals surface area contributed by atoms with E-state index in [0.29, 0.717) is 23.1 Å². The zero-order chi connectivity index (χ0) is 19.3. The number of ketones is 1. The number of aromatic nitrogens is 3. The second-order valence-corrected chi connectivity index (χ2v) is 8.72. The molecule has 0 saturated heterocycles. The lowest BCUT2D eigenvalue weighted by Crippen LogP contribution is -2.17. The van der Waals surface area contributed by atoms with Gasteiger partial charge in [0.05, 0.1) is 5.25 Å². The number of halogens is 1. The Morgan fingerprint density at radius 1 is 1.19 bits per heavy atom. The Hall–Kier alpha value is -1.67. The van der Waals surface area contributed by atoms with Crippen LogP contribution >= 0.6 is 27.7 Å². The highest BCUT2D eigenvalue weighted by molar-refractivity contribution is 9.10. The molecule has 0 radical (unpaired) electrons. The van der Waals surface area contributed by atoms with Gasteiger partial charge in [-0.05, 0) is 25.0 Å². The van der Waals surface area contributed by atoms with Crippen LogP contribution in [0.2, 0.25) is 0 Å². The van der Waals surface area contributed by atoms with Crippen molar-refractivity contribution < 1.29 is 9.59 Å². The lowest BCUT2D eigenvalue weighted by molar-refractivity contribution is -0.118. The van der Waals surface area contributed by atoms with Crippen LogP contribution in [-0.4, -0.2) is 31.7 Å². The summed E-state index contributed by atoms with van der Waals surface area (Å²) in [6.45, 7) is 6.79. The van der Waals surface area contributed by atoms with E-state index >= 15 is 0 Å². The zero-order valence-corrected chi connectivity index (χ0v) is 17.5. The standard InChI is InChI=1S/C18H23BrN4O2S/c1-11(2)10-23-16(9-8-15(20)24)21-22-18(23)26-12(3)17(25)13-4-6-14(19)7-5-13/h4-7,11-12H,8-10H2,1-3H3,(H2,20,24)/t12-/m1/s1. The van der Waals surface area contributed by atoms with E-state index in [1.165, 1.54) is 11.8 Å². The van der Waals surface area contributed by atoms with E-state index in [1.807, 2.05) is 23.6 Å². The van der Waals surface area contributed by atoms with Crippen LogP contribution in [0.1, 0.15) is 43.4 Å². The number of hydrogen-bond donors (Lipinski definition) is 1. The summed E-state index contributed by atoms with van der Waals surface area (Å²) in [5.41, 5.74) is 5.91. The number of Topliss-reactive ketones (excluding diaryl/α,β-unsaturated/α-hetero) is 1. The molecule has 0 saturated carbocycles. The number of rotatable bonds is 9. The lowest BCUT2D eigenvalue weighted by Gasteiger charge is -2.14. The number of aryl methyl sites for hydroxylation is 1. The van der Waals surface area contributed by atoms with Crippen molar-refractivity contribution in [1.29, 1.82) is 0 Å². The molecule has 0 spiro atoms. The highest BCUT2D eigenvalue weighted by Crippen LogP contribution is 2.26. The summed E-state index contributed by atoms with van der Waals surface area (Å²) in [4.78, 5) is 23.7. The van der Waals surface area contributed by atoms with Crippen molar-refractivity contribution >= 4 is 39.4 Å². The van der Waals surface area contributed by atoms with Gasteiger partial charge in [-0.2, -0.15) is 0 Å². The highest BCUT2D eigenvalue weighted by Gasteiger charge is 2.21. The van der Waals surface area contributed by atoms with Crippen molar-refractivity contribution in [3.05, 3.63) is 40.1 Å². The van der Waals surface area contributed by atoms with E-state index in [0.717, 1.165) is 16.8 Å². The van der Waals surface area contributed by atoms with Crippen molar-refractivity contribution in [2.75, 3.05) is 0 Å². The Balaban J connectivity index is 2.17. The topological polar surface area (TPSA) is 90.9 Å². The van der Waals surface area contributed by atoms with E-state index in [-0.39, 0.29) is 23.4 Å². The first-order chi connectivity index (χ1) is 12.3. The maximum Gasteiger partial charge on any atom is 0.217 e. The van der Waals surface area contributed by atoms with E-state index < -0.39 is 0 Å². The molecule has 1 heterocycles. The minimum atomic E-state index is -0.364. The Bertz CT molecular complexity index is 774. The van der Waals surface area contributed by atoms with Crippen LogP contribution in [0.15, 0.2) is 33.9 Å². The van der Waals surface area contributed by atoms with E-state index in [4.69, 9.17) is 5.73 Å². The lowest BCUT2D eigenvalue weighted by atomic mass is 10.1. The van der Waals surface area contributed by atoms with Crippen molar-refractivity contribution in [3.63, 3.8) is 0 Å². The van der Waals surface area contributed by atoms with Crippen LogP contribution in [0.25, 0.3) is 0 Å². The Labute approximate surface area is 166 Å². The maximum absolute atomic E-state index is 12.7. The molecule has 8 heteroatoms. The number of nitrogens with two attached hydrogens (primary N) is 1. The predicted octanol–water partition coefficient (Wildman–Crippen LogP) is 3.48. The second kappa shape index (κ2) is 9.32. The van der Waals surface area contributed by atoms with E-state index in [9.17, 15) is 9.59 Å². The fraction of sp³-hybridized carbons (Fsp3) is 0.444. The Morgan fingerprint density at radius 2 is 1.85 bits per heavy atom. The molecule has 1 aromatic carbocycles. The Kier molecular flexibility index (Phi) is 7.40. The quantitative estimate of drug-likeness (QED) is 0.477. The molecule has 0 aliphatic carbocycles. The highest BCUT2D eigenvalue weighted by atomic mass is 79.9. The van der Waals surface area contributed by atoms with Gasteiger partial charge in [0, 0.05) is 29.4 Å². The Morgan fingerprint density at radius 3 is 2.42 bits per heavy atom. The third-order valence-corrected chi connectivity index (χ3v) is 5.33. The van der Waals surface area contributed by atoms with Crippen LogP contribution in [-0.2, 0) is 17.8 Å². The number of benzene rings is 1. The van der Waals surface area contributed by atoms with Gasteiger partial charge in [0.25, 0.3) is 0 Å². The van der Waals surface area contributed by atoms with Gasteiger partial charge in [-0.3, -0.25) is 9.59 Å². The molecule has 1 amide bonds. The molecule has 2 N–H and O–H groups in total. The monoisotopic (exact) mass is 438 g/mol. The number of amides is 1. The average molecular weight is 439 g/mol. The smallest absolute Gasteiger partial charge is 0.217 e. The summed E-state index contributed by atoms with van der Waals surface area (Å²) in [5.74, 6) is 0.788. The number of carbonyl (C=O) groups excluding carboxylic acids is 2. The third-order valence-electron chi connectivity index (χ3n) is 3.72. The molecular weight excluding hydrogens is 416 g/mol. The first-order valence-corrected chi connectivity index (χ1v) is 10.1. The molecule has 0 aliphatic heterocycles. The molecule has 0 unspecified atom stereocenters. The normalized spacial score (nSPS) is 12.3. The summed E-state index contributed by atoms with van der Waals surface area (Å²) >= 11 is 4.76. The first-order valence-electron chi connectivity index (χ1n) is 8.44. The summed E-state index contributed by atoms with van der Waals surface area (Å²) in [6, 6.07) is 7.32. The molecule has 0 fully saturated rings. The number of nitrogens with zero attached hydrogens (tertiary/aromatic N) is 3. The van der Waals surface area contributed by atoms with Gasteiger partial charge < -0.3 is 10.3 Å². The summed E-state index contributed by atoms with van der Waals surface area (Å²) in [7, 11) is 0. The number of hydrogen-bond acceptors (Lipinski definition) is 5. The fourth-order valence-electron chi connectivity index (χ4n) is 2.44. The summed E-state index contributed by atoms with van der Waals surface area (Å²) < 4.78 is 2.93. The molecular formula is C18H23BrN4O2S. The van der Waals surface area contributed by atoms with Crippen molar-refractivity contribution in [2.24, 2.45) is 11.7 Å². The van der Waals surface area contributed by atoms with Crippen LogP contribution in [0.4, 0.5) is 0 Å². The van der Waals surface area contributed by atoms with Gasteiger partial charge in [0.15, 0.2) is 10.9 Å². The first kappa shape index (κ1) is 20.6. The van der Waals surface area contributed by atoms with Gasteiger partial charge in [-0.25, -0.2) is 0 Å². The van der Waals surface area contributed by atoms with Crippen molar-refractivity contribution in [2.45, 2.75) is 50.6 Å². The number of carbonyl (C=O) groups is 2. The zero-order valence-electron chi connectivity index (χ0n) is 15.1. The van der Waals surface area contributed by atoms with Gasteiger partial charge in [0.1, 0.15) is 5.82 Å². The molecule has 1 atom stereocenters. The van der Waals surface area contributed by atoms with Gasteiger partial charge in [0.2, 0.25) is 5.91 Å². The van der Waals surface area contributed by atoms with E-state index in [1.54, 1.807) is 12.1 Å². The average Bonchev–Trinajstić information content (AvgIpc) is 2.94. The molecule has 6 nitrogen and oxygen atoms in total. The molecule has 2 rings (SSSR count). The molecule has 2 aromatic rings. The van der Waals surface area contributed by atoms with Crippen LogP contribution in [0.3, 0.4) is 0 Å². The molecule has 140 valence electrons. The molecule has 1 aromatic heterocycles. The molecule has 0 aliphatic rings. The minimum absolute atomic E-state index is 0.0419. The summed E-state index contributed by atoms with van der Waals surface area (Å²) in [5, 5.41) is 8.84. The van der Waals surface area contributed by atoms with Gasteiger partial charge in [-0.1, -0.05) is 53.7 Å². The van der Waals surface area contributed by atoms with E-state index in [2.05, 4.69) is 40.0 Å². The largest absolute Gasteiger partial charge is 0.370 e. The van der Waals surface area contributed by atoms with Crippen molar-refractivity contribution in [3.8, 4) is 0 Å². The van der Waals surface area contributed by atoms with Crippen LogP contribution in [0, 0.1) is 5.92 Å². The fourth-order valence-corrected chi connectivity index (χ4v) is 3.65. The maximum atomic E-state index is 12.7. The predicted molar refractivity (Wildman–Crippen MR) is 106 cm³/mol. The van der Waals surface area contributed by atoms with Gasteiger partial charge >= 0.3 is 0 Å². The van der Waals surface area contributed by atoms with Crippen molar-refractivity contribution in [1.82, 2.24) is 14.8 Å². The SMILES string of the molecule is CC(C)Cn1c(CCC(N)=O)nnc1S[C@H](C)C(=O)c1ccc(Br)cc1. The number of thioether (sulfide) groups is 1. The number of primary amides is 1. The minimum Gasteiger partial charge on any atom is -0.370 e. The third kappa shape index (κ3) is 5.67.